The molecule has 5 nitrogen and oxygen atoms in total. The fraction of sp³-hybridized carbons (Fsp3) is 0.706. The van der Waals surface area contributed by atoms with Crippen molar-refractivity contribution < 1.29 is 4.74 Å². The third-order valence-corrected chi connectivity index (χ3v) is 6.13. The molecular formula is C17H30ClIN4OS. The lowest BCUT2D eigenvalue weighted by Gasteiger charge is -2.37. The molecule has 144 valence electrons. The number of hydrogen-bond acceptors (Lipinski definition) is 3. The molecule has 0 aliphatic carbocycles. The van der Waals surface area contributed by atoms with Gasteiger partial charge in [-0.2, -0.15) is 11.8 Å². The second-order valence-corrected chi connectivity index (χ2v) is 8.41. The minimum absolute atomic E-state index is 0. The average Bonchev–Trinajstić information content (AvgIpc) is 2.86. The van der Waals surface area contributed by atoms with Gasteiger partial charge in [0.1, 0.15) is 0 Å². The predicted molar refractivity (Wildman–Crippen MR) is 120 cm³/mol. The number of hydrogen-bond donors (Lipinski definition) is 1. The van der Waals surface area contributed by atoms with Crippen LogP contribution in [-0.2, 0) is 18.3 Å². The Balaban J connectivity index is 0.00000312. The van der Waals surface area contributed by atoms with Crippen molar-refractivity contribution in [1.82, 2.24) is 14.8 Å². The lowest BCUT2D eigenvalue weighted by atomic mass is 9.99. The van der Waals surface area contributed by atoms with Gasteiger partial charge in [0.15, 0.2) is 5.96 Å². The molecule has 0 unspecified atom stereocenters. The van der Waals surface area contributed by atoms with Gasteiger partial charge in [0, 0.05) is 57.5 Å². The Hall–Kier alpha value is -0.120. The number of halogens is 2. The highest BCUT2D eigenvalue weighted by molar-refractivity contribution is 14.0. The quantitative estimate of drug-likeness (QED) is 0.368. The zero-order valence-corrected chi connectivity index (χ0v) is 19.5. The number of rotatable bonds is 6. The molecule has 0 amide bonds. The summed E-state index contributed by atoms with van der Waals surface area (Å²) in [5.74, 6) is 2.03. The average molecular weight is 501 g/mol. The summed E-state index contributed by atoms with van der Waals surface area (Å²) >= 11 is 8.11. The molecule has 1 aromatic heterocycles. The van der Waals surface area contributed by atoms with Crippen molar-refractivity contribution in [3.63, 3.8) is 0 Å². The summed E-state index contributed by atoms with van der Waals surface area (Å²) in [5.41, 5.74) is 1.16. The highest BCUT2D eigenvalue weighted by atomic mass is 127. The lowest BCUT2D eigenvalue weighted by Crippen LogP contribution is -2.48. The molecule has 25 heavy (non-hydrogen) atoms. The standard InChI is InChI=1S/C17H29ClN4OS.HI/c1-5-24-17(6-8-23-9-7-17)13-20-16(19-2)22(4)12-15-10-14(18)11-21(15)3;/h10-11H,5-9,12-13H2,1-4H3,(H,19,20);1H. The molecule has 2 heterocycles. The summed E-state index contributed by atoms with van der Waals surface area (Å²) in [7, 11) is 5.90. The zero-order chi connectivity index (χ0) is 17.6. The summed E-state index contributed by atoms with van der Waals surface area (Å²) in [6.45, 7) is 5.61. The normalized spacial score (nSPS) is 17.1. The minimum Gasteiger partial charge on any atom is -0.381 e. The van der Waals surface area contributed by atoms with E-state index in [0.717, 1.165) is 61.6 Å². The fourth-order valence-corrected chi connectivity index (χ4v) is 4.60. The van der Waals surface area contributed by atoms with Crippen molar-refractivity contribution in [2.24, 2.45) is 12.0 Å². The zero-order valence-electron chi connectivity index (χ0n) is 15.5. The SMILES string of the molecule is CCSC1(CNC(=NC)N(C)Cc2cc(Cl)cn2C)CCOCC1.I. The molecule has 0 aromatic carbocycles. The molecule has 1 aliphatic rings. The number of nitrogens with one attached hydrogen (secondary N) is 1. The van der Waals surface area contributed by atoms with Crippen LogP contribution < -0.4 is 5.32 Å². The van der Waals surface area contributed by atoms with Crippen molar-refractivity contribution in [2.75, 3.05) is 39.6 Å². The second kappa shape index (κ2) is 10.9. The number of aromatic nitrogens is 1. The monoisotopic (exact) mass is 500 g/mol. The van der Waals surface area contributed by atoms with Crippen LogP contribution in [0.3, 0.4) is 0 Å². The first kappa shape index (κ1) is 22.9. The molecule has 1 saturated heterocycles. The molecule has 1 aromatic rings. The van der Waals surface area contributed by atoms with Crippen LogP contribution in [-0.4, -0.2) is 59.8 Å². The molecule has 0 saturated carbocycles. The van der Waals surface area contributed by atoms with Gasteiger partial charge in [-0.1, -0.05) is 18.5 Å². The van der Waals surface area contributed by atoms with E-state index in [4.69, 9.17) is 16.3 Å². The van der Waals surface area contributed by atoms with Gasteiger partial charge in [-0.05, 0) is 24.7 Å². The van der Waals surface area contributed by atoms with Crippen LogP contribution >= 0.6 is 47.3 Å². The van der Waals surface area contributed by atoms with Gasteiger partial charge in [0.2, 0.25) is 0 Å². The number of ether oxygens (including phenoxy) is 1. The first-order valence-corrected chi connectivity index (χ1v) is 9.80. The first-order chi connectivity index (χ1) is 11.5. The molecular weight excluding hydrogens is 471 g/mol. The van der Waals surface area contributed by atoms with Crippen LogP contribution in [0.15, 0.2) is 17.3 Å². The van der Waals surface area contributed by atoms with E-state index >= 15 is 0 Å². The fourth-order valence-electron chi connectivity index (χ4n) is 3.09. The van der Waals surface area contributed by atoms with Gasteiger partial charge in [-0.3, -0.25) is 4.99 Å². The third-order valence-electron chi connectivity index (χ3n) is 4.47. The third kappa shape index (κ3) is 6.52. The summed E-state index contributed by atoms with van der Waals surface area (Å²) in [5, 5.41) is 4.34. The van der Waals surface area contributed by atoms with Crippen LogP contribution in [0.25, 0.3) is 0 Å². The molecule has 2 rings (SSSR count). The highest BCUT2D eigenvalue weighted by Gasteiger charge is 2.33. The second-order valence-electron chi connectivity index (χ2n) is 6.25. The maximum atomic E-state index is 6.08. The topological polar surface area (TPSA) is 41.8 Å². The van der Waals surface area contributed by atoms with Crippen molar-refractivity contribution in [3.8, 4) is 0 Å². The summed E-state index contributed by atoms with van der Waals surface area (Å²) < 4.78 is 7.85. The largest absolute Gasteiger partial charge is 0.381 e. The van der Waals surface area contributed by atoms with E-state index in [1.165, 1.54) is 0 Å². The molecule has 0 bridgehead atoms. The maximum absolute atomic E-state index is 6.08. The summed E-state index contributed by atoms with van der Waals surface area (Å²) in [4.78, 5) is 6.58. The van der Waals surface area contributed by atoms with Crippen molar-refractivity contribution in [1.29, 1.82) is 0 Å². The van der Waals surface area contributed by atoms with Crippen LogP contribution in [0.5, 0.6) is 0 Å². The van der Waals surface area contributed by atoms with Gasteiger partial charge in [0.25, 0.3) is 0 Å². The number of aliphatic imine (C=N–C) groups is 1. The van der Waals surface area contributed by atoms with Crippen molar-refractivity contribution in [2.45, 2.75) is 31.1 Å². The predicted octanol–water partition coefficient (Wildman–Crippen LogP) is 3.61. The van der Waals surface area contributed by atoms with Gasteiger partial charge < -0.3 is 19.5 Å². The maximum Gasteiger partial charge on any atom is 0.193 e. The number of thioether (sulfide) groups is 1. The Bertz CT molecular complexity index is 555. The molecule has 1 aliphatic heterocycles. The molecule has 0 spiro atoms. The number of nitrogens with zero attached hydrogens (tertiary/aromatic N) is 3. The Morgan fingerprint density at radius 2 is 2.16 bits per heavy atom. The van der Waals surface area contributed by atoms with Crippen molar-refractivity contribution >= 4 is 53.3 Å². The summed E-state index contributed by atoms with van der Waals surface area (Å²) in [6, 6.07) is 2.00. The van der Waals surface area contributed by atoms with E-state index in [1.807, 2.05) is 38.1 Å². The Morgan fingerprint density at radius 3 is 2.68 bits per heavy atom. The van der Waals surface area contributed by atoms with Crippen LogP contribution in [0.4, 0.5) is 0 Å². The van der Waals surface area contributed by atoms with E-state index in [-0.39, 0.29) is 28.7 Å². The summed E-state index contributed by atoms with van der Waals surface area (Å²) in [6.07, 6.45) is 4.11. The smallest absolute Gasteiger partial charge is 0.193 e. The van der Waals surface area contributed by atoms with Crippen LogP contribution in [0.1, 0.15) is 25.5 Å². The molecule has 0 radical (unpaired) electrons. The Kier molecular flexibility index (Phi) is 9.98. The molecule has 1 fully saturated rings. The lowest BCUT2D eigenvalue weighted by molar-refractivity contribution is 0.0780. The molecule has 1 N–H and O–H groups in total. The van der Waals surface area contributed by atoms with Gasteiger partial charge >= 0.3 is 0 Å². The van der Waals surface area contributed by atoms with E-state index in [0.29, 0.717) is 0 Å². The van der Waals surface area contributed by atoms with Crippen LogP contribution in [0.2, 0.25) is 5.02 Å². The van der Waals surface area contributed by atoms with E-state index in [9.17, 15) is 0 Å². The first-order valence-electron chi connectivity index (χ1n) is 8.44. The van der Waals surface area contributed by atoms with Crippen LogP contribution in [0, 0.1) is 0 Å². The Morgan fingerprint density at radius 1 is 1.48 bits per heavy atom. The number of guanidine groups is 1. The Labute approximate surface area is 177 Å². The van der Waals surface area contributed by atoms with Gasteiger partial charge in [-0.15, -0.1) is 24.0 Å². The highest BCUT2D eigenvalue weighted by Crippen LogP contribution is 2.34. The van der Waals surface area contributed by atoms with Gasteiger partial charge in [0.05, 0.1) is 11.6 Å². The van der Waals surface area contributed by atoms with Crippen molar-refractivity contribution in [3.05, 3.63) is 23.0 Å². The van der Waals surface area contributed by atoms with E-state index in [2.05, 4.69) is 33.7 Å². The van der Waals surface area contributed by atoms with E-state index in [1.54, 1.807) is 0 Å². The number of aryl methyl sites for hydroxylation is 1. The van der Waals surface area contributed by atoms with Gasteiger partial charge in [-0.25, -0.2) is 0 Å². The molecule has 0 atom stereocenters. The van der Waals surface area contributed by atoms with E-state index < -0.39 is 0 Å². The molecule has 8 heteroatoms. The minimum atomic E-state index is 0.